The van der Waals surface area contributed by atoms with Crippen molar-refractivity contribution < 1.29 is 19.0 Å². The van der Waals surface area contributed by atoms with Crippen molar-refractivity contribution in [3.05, 3.63) is 60.2 Å². The molecule has 0 saturated heterocycles. The van der Waals surface area contributed by atoms with Gasteiger partial charge in [-0.2, -0.15) is 9.97 Å². The molecule has 0 unspecified atom stereocenters. The fourth-order valence-electron chi connectivity index (χ4n) is 2.39. The molecular formula is C20H24F2N10O2. The van der Waals surface area contributed by atoms with E-state index in [4.69, 9.17) is 33.1 Å². The zero-order valence-corrected chi connectivity index (χ0v) is 18.3. The maximum Gasteiger partial charge on any atom is 0.242 e. The van der Waals surface area contributed by atoms with Gasteiger partial charge in [-0.1, -0.05) is 24.3 Å². The number of nitrogen functional groups attached to an aromatic ring is 4. The molecule has 4 rings (SSSR count). The Labute approximate surface area is 193 Å². The number of hydrogen-bond acceptors (Lipinski definition) is 12. The molecule has 10 N–H and O–H groups in total. The maximum atomic E-state index is 13.4. The third kappa shape index (κ3) is 7.25. The first kappa shape index (κ1) is 27.5. The summed E-state index contributed by atoms with van der Waals surface area (Å²) in [6, 6.07) is 12.2. The summed E-state index contributed by atoms with van der Waals surface area (Å²) in [4.78, 5) is 7.41. The highest BCUT2D eigenvalue weighted by atomic mass is 19.1. The largest absolute Gasteiger partial charge is 0.400 e. The first-order valence-electron chi connectivity index (χ1n) is 9.27. The first-order chi connectivity index (χ1) is 16.4. The maximum absolute atomic E-state index is 13.4. The molecule has 0 aliphatic heterocycles. The van der Waals surface area contributed by atoms with Crippen LogP contribution in [-0.4, -0.2) is 54.8 Å². The molecular weight excluding hydrogens is 450 g/mol. The molecule has 0 radical (unpaired) electrons. The average molecular weight is 474 g/mol. The summed E-state index contributed by atoms with van der Waals surface area (Å²) in [5.41, 5.74) is 22.6. The van der Waals surface area contributed by atoms with Gasteiger partial charge in [-0.05, 0) is 24.3 Å². The van der Waals surface area contributed by atoms with Gasteiger partial charge in [0.2, 0.25) is 11.9 Å². The topological polar surface area (TPSA) is 222 Å². The van der Waals surface area contributed by atoms with E-state index >= 15 is 0 Å². The van der Waals surface area contributed by atoms with Gasteiger partial charge in [0.05, 0.1) is 0 Å². The Kier molecular flexibility index (Phi) is 11.1. The Bertz CT molecular complexity index is 1100. The van der Waals surface area contributed by atoms with Gasteiger partial charge in [0.15, 0.2) is 11.6 Å². The predicted octanol–water partition coefficient (Wildman–Crippen LogP) is 0.901. The Hall–Kier alpha value is -4.56. The van der Waals surface area contributed by atoms with Crippen molar-refractivity contribution in [2.75, 3.05) is 37.2 Å². The van der Waals surface area contributed by atoms with Crippen molar-refractivity contribution >= 4 is 23.5 Å². The van der Waals surface area contributed by atoms with Gasteiger partial charge >= 0.3 is 0 Å². The number of rotatable bonds is 2. The van der Waals surface area contributed by atoms with Crippen molar-refractivity contribution in [1.82, 2.24) is 30.4 Å². The summed E-state index contributed by atoms with van der Waals surface area (Å²) in [5, 5.41) is 28.5. The fourth-order valence-corrected chi connectivity index (χ4v) is 2.39. The highest BCUT2D eigenvalue weighted by molar-refractivity contribution is 5.70. The van der Waals surface area contributed by atoms with Gasteiger partial charge in [-0.15, -0.1) is 20.4 Å². The number of hydrogen-bond donors (Lipinski definition) is 6. The van der Waals surface area contributed by atoms with Crippen molar-refractivity contribution in [2.24, 2.45) is 0 Å². The predicted molar refractivity (Wildman–Crippen MR) is 124 cm³/mol. The zero-order chi connectivity index (χ0) is 25.7. The van der Waals surface area contributed by atoms with Crippen LogP contribution >= 0.6 is 0 Å². The minimum atomic E-state index is -0.426. The van der Waals surface area contributed by atoms with Crippen LogP contribution < -0.4 is 22.9 Å². The lowest BCUT2D eigenvalue weighted by atomic mass is 10.1. The number of benzene rings is 2. The number of aliphatic hydroxyl groups is 2. The average Bonchev–Trinajstić information content (AvgIpc) is 2.84. The van der Waals surface area contributed by atoms with Crippen LogP contribution in [0, 0.1) is 11.6 Å². The smallest absolute Gasteiger partial charge is 0.242 e. The molecule has 0 atom stereocenters. The van der Waals surface area contributed by atoms with Crippen LogP contribution in [0.2, 0.25) is 0 Å². The van der Waals surface area contributed by atoms with Crippen molar-refractivity contribution in [3.63, 3.8) is 0 Å². The summed E-state index contributed by atoms with van der Waals surface area (Å²) < 4.78 is 26.7. The van der Waals surface area contributed by atoms with E-state index < -0.39 is 11.6 Å². The molecule has 34 heavy (non-hydrogen) atoms. The zero-order valence-electron chi connectivity index (χ0n) is 18.3. The van der Waals surface area contributed by atoms with Crippen LogP contribution in [0.4, 0.5) is 32.3 Å². The Morgan fingerprint density at radius 3 is 1.18 bits per heavy atom. The molecule has 0 amide bonds. The number of nitrogens with two attached hydrogens (primary N) is 4. The number of nitrogens with zero attached hydrogens (tertiary/aromatic N) is 6. The lowest BCUT2D eigenvalue weighted by Gasteiger charge is -2.03. The minimum absolute atomic E-state index is 0.0346. The highest BCUT2D eigenvalue weighted by Gasteiger charge is 2.12. The van der Waals surface area contributed by atoms with Gasteiger partial charge in [0, 0.05) is 25.3 Å². The van der Waals surface area contributed by atoms with Crippen LogP contribution in [0.25, 0.3) is 22.5 Å². The summed E-state index contributed by atoms with van der Waals surface area (Å²) in [6.07, 6.45) is 0. The first-order valence-corrected chi connectivity index (χ1v) is 9.27. The van der Waals surface area contributed by atoms with E-state index in [0.29, 0.717) is 0 Å². The van der Waals surface area contributed by atoms with Crippen molar-refractivity contribution in [2.45, 2.75) is 0 Å². The Morgan fingerprint density at radius 2 is 0.882 bits per heavy atom. The Morgan fingerprint density at radius 1 is 0.559 bits per heavy atom. The summed E-state index contributed by atoms with van der Waals surface area (Å²) in [6.45, 7) is 0. The lowest BCUT2D eigenvalue weighted by molar-refractivity contribution is 0.399. The van der Waals surface area contributed by atoms with Gasteiger partial charge < -0.3 is 33.1 Å². The standard InChI is InChI=1S/2C9H8FN5.2CH4O/c2*10-6-4-2-1-3-5(6)7-8(11)13-9(12)15-14-7;2*1-2/h2*1-4H,(H4,11,12,13,15);2*2H,1H3. The second-order valence-corrected chi connectivity index (χ2v) is 5.77. The van der Waals surface area contributed by atoms with E-state index in [1.54, 1.807) is 36.4 Å². The molecule has 2 aromatic heterocycles. The summed E-state index contributed by atoms with van der Waals surface area (Å²) in [5.74, 6) is -0.796. The van der Waals surface area contributed by atoms with Crippen LogP contribution in [0.3, 0.4) is 0 Å². The van der Waals surface area contributed by atoms with E-state index in [2.05, 4.69) is 30.4 Å². The fraction of sp³-hybridized carbons (Fsp3) is 0.100. The lowest BCUT2D eigenvalue weighted by Crippen LogP contribution is -2.04. The molecule has 0 aliphatic carbocycles. The second-order valence-electron chi connectivity index (χ2n) is 5.77. The molecule has 2 heterocycles. The molecule has 2 aromatic carbocycles. The third-order valence-electron chi connectivity index (χ3n) is 3.72. The number of halogens is 2. The van der Waals surface area contributed by atoms with Crippen LogP contribution in [0.1, 0.15) is 0 Å². The number of aliphatic hydroxyl groups excluding tert-OH is 2. The monoisotopic (exact) mass is 474 g/mol. The van der Waals surface area contributed by atoms with Gasteiger partial charge in [0.1, 0.15) is 23.0 Å². The normalized spacial score (nSPS) is 9.35. The SMILES string of the molecule is CO.CO.Nc1nnc(-c2ccccc2F)c(N)n1.Nc1nnc(-c2ccccc2F)c(N)n1. The van der Waals surface area contributed by atoms with Gasteiger partial charge in [0.25, 0.3) is 0 Å². The van der Waals surface area contributed by atoms with Crippen LogP contribution in [0.15, 0.2) is 48.5 Å². The van der Waals surface area contributed by atoms with Gasteiger partial charge in [-0.25, -0.2) is 8.78 Å². The summed E-state index contributed by atoms with van der Waals surface area (Å²) in [7, 11) is 2.00. The van der Waals surface area contributed by atoms with Crippen LogP contribution in [-0.2, 0) is 0 Å². The molecule has 0 spiro atoms. The Balaban J connectivity index is 0.000000297. The van der Waals surface area contributed by atoms with E-state index in [0.717, 1.165) is 14.2 Å². The molecule has 0 fully saturated rings. The molecule has 14 heteroatoms. The molecule has 12 nitrogen and oxygen atoms in total. The van der Waals surface area contributed by atoms with Gasteiger partial charge in [-0.3, -0.25) is 0 Å². The minimum Gasteiger partial charge on any atom is -0.400 e. The van der Waals surface area contributed by atoms with E-state index in [1.165, 1.54) is 12.1 Å². The quantitative estimate of drug-likeness (QED) is 0.238. The highest BCUT2D eigenvalue weighted by Crippen LogP contribution is 2.24. The molecule has 0 bridgehead atoms. The molecule has 4 aromatic rings. The molecule has 0 aliphatic rings. The third-order valence-corrected chi connectivity index (χ3v) is 3.72. The van der Waals surface area contributed by atoms with E-state index in [9.17, 15) is 8.78 Å². The number of anilines is 4. The molecule has 180 valence electrons. The summed E-state index contributed by atoms with van der Waals surface area (Å²) >= 11 is 0. The van der Waals surface area contributed by atoms with E-state index in [1.807, 2.05) is 0 Å². The van der Waals surface area contributed by atoms with Crippen molar-refractivity contribution in [1.29, 1.82) is 0 Å². The van der Waals surface area contributed by atoms with Crippen molar-refractivity contribution in [3.8, 4) is 22.5 Å². The van der Waals surface area contributed by atoms with E-state index in [-0.39, 0.29) is 46.0 Å². The second kappa shape index (κ2) is 13.8. The van der Waals surface area contributed by atoms with Crippen LogP contribution in [0.5, 0.6) is 0 Å². The number of aromatic nitrogens is 6. The molecule has 0 saturated carbocycles.